The molecule has 0 bridgehead atoms. The van der Waals surface area contributed by atoms with Gasteiger partial charge in [0.1, 0.15) is 6.04 Å². The first-order valence-corrected chi connectivity index (χ1v) is 8.38. The van der Waals surface area contributed by atoms with Crippen LogP contribution in [0.3, 0.4) is 0 Å². The Labute approximate surface area is 142 Å². The van der Waals surface area contributed by atoms with Gasteiger partial charge >= 0.3 is 0 Å². The van der Waals surface area contributed by atoms with Crippen molar-refractivity contribution in [3.05, 3.63) is 70.8 Å². The van der Waals surface area contributed by atoms with E-state index in [0.717, 1.165) is 18.4 Å². The molecule has 0 saturated heterocycles. The fraction of sp³-hybridized carbons (Fsp3) is 0.300. The molecule has 1 aliphatic rings. The molecule has 3 rings (SSSR count). The van der Waals surface area contributed by atoms with Gasteiger partial charge in [-0.1, -0.05) is 48.5 Å². The summed E-state index contributed by atoms with van der Waals surface area (Å²) in [7, 11) is 0. The van der Waals surface area contributed by atoms with Crippen LogP contribution in [0.2, 0.25) is 0 Å². The number of amides is 2. The predicted molar refractivity (Wildman–Crippen MR) is 93.3 cm³/mol. The molecule has 3 N–H and O–H groups in total. The van der Waals surface area contributed by atoms with Gasteiger partial charge < -0.3 is 11.1 Å². The molecule has 1 atom stereocenters. The SMILES string of the molecule is NC(=O)C(NC(=O)Cc1ccc2c(c1)CCCC2)c1ccccc1. The number of carbonyl (C=O) groups excluding carboxylic acids is 2. The molecule has 2 aromatic rings. The zero-order chi connectivity index (χ0) is 16.9. The second kappa shape index (κ2) is 7.30. The highest BCUT2D eigenvalue weighted by atomic mass is 16.2. The molecule has 0 heterocycles. The maximum atomic E-state index is 12.3. The van der Waals surface area contributed by atoms with Crippen molar-refractivity contribution in [3.8, 4) is 0 Å². The van der Waals surface area contributed by atoms with Gasteiger partial charge in [-0.3, -0.25) is 9.59 Å². The Kier molecular flexibility index (Phi) is 4.94. The van der Waals surface area contributed by atoms with Crippen LogP contribution in [0.15, 0.2) is 48.5 Å². The largest absolute Gasteiger partial charge is 0.368 e. The van der Waals surface area contributed by atoms with Crippen LogP contribution in [0, 0.1) is 0 Å². The standard InChI is InChI=1S/C20H22N2O2/c21-20(24)19(16-7-2-1-3-8-16)22-18(23)13-14-10-11-15-6-4-5-9-17(15)12-14/h1-3,7-8,10-12,19H,4-6,9,13H2,(H2,21,24)(H,22,23). The lowest BCUT2D eigenvalue weighted by Crippen LogP contribution is -2.38. The van der Waals surface area contributed by atoms with Gasteiger partial charge in [0.05, 0.1) is 6.42 Å². The highest BCUT2D eigenvalue weighted by Gasteiger charge is 2.20. The van der Waals surface area contributed by atoms with Crippen molar-refractivity contribution in [1.82, 2.24) is 5.32 Å². The van der Waals surface area contributed by atoms with Gasteiger partial charge in [0.2, 0.25) is 11.8 Å². The zero-order valence-corrected chi connectivity index (χ0v) is 13.6. The van der Waals surface area contributed by atoms with Crippen molar-refractivity contribution >= 4 is 11.8 Å². The molecule has 2 aromatic carbocycles. The van der Waals surface area contributed by atoms with Crippen LogP contribution in [0.4, 0.5) is 0 Å². The highest BCUT2D eigenvalue weighted by molar-refractivity contribution is 5.88. The Morgan fingerprint density at radius 3 is 2.42 bits per heavy atom. The van der Waals surface area contributed by atoms with Gasteiger partial charge in [-0.15, -0.1) is 0 Å². The fourth-order valence-corrected chi connectivity index (χ4v) is 3.26. The number of hydrogen-bond acceptors (Lipinski definition) is 2. The fourth-order valence-electron chi connectivity index (χ4n) is 3.26. The Balaban J connectivity index is 1.69. The Bertz CT molecular complexity index is 741. The molecule has 1 aliphatic carbocycles. The maximum Gasteiger partial charge on any atom is 0.244 e. The molecule has 124 valence electrons. The minimum absolute atomic E-state index is 0.196. The van der Waals surface area contributed by atoms with E-state index in [-0.39, 0.29) is 12.3 Å². The lowest BCUT2D eigenvalue weighted by atomic mass is 9.90. The summed E-state index contributed by atoms with van der Waals surface area (Å²) in [5, 5.41) is 2.75. The molecule has 0 saturated carbocycles. The van der Waals surface area contributed by atoms with E-state index < -0.39 is 11.9 Å². The van der Waals surface area contributed by atoms with E-state index in [1.165, 1.54) is 24.0 Å². The minimum atomic E-state index is -0.795. The van der Waals surface area contributed by atoms with Gasteiger partial charge in [-0.05, 0) is 47.9 Å². The van der Waals surface area contributed by atoms with Gasteiger partial charge in [-0.25, -0.2) is 0 Å². The molecule has 2 amide bonds. The van der Waals surface area contributed by atoms with Crippen molar-refractivity contribution < 1.29 is 9.59 Å². The van der Waals surface area contributed by atoms with E-state index in [0.29, 0.717) is 5.56 Å². The van der Waals surface area contributed by atoms with E-state index >= 15 is 0 Å². The Hall–Kier alpha value is -2.62. The third-order valence-electron chi connectivity index (χ3n) is 4.50. The Morgan fingerprint density at radius 2 is 1.71 bits per heavy atom. The third kappa shape index (κ3) is 3.82. The molecule has 4 nitrogen and oxygen atoms in total. The summed E-state index contributed by atoms with van der Waals surface area (Å²) in [6.07, 6.45) is 4.91. The second-order valence-electron chi connectivity index (χ2n) is 6.30. The van der Waals surface area contributed by atoms with Crippen LogP contribution in [-0.2, 0) is 28.9 Å². The number of primary amides is 1. The van der Waals surface area contributed by atoms with Gasteiger partial charge in [0.15, 0.2) is 0 Å². The molecule has 0 aromatic heterocycles. The van der Waals surface area contributed by atoms with Crippen LogP contribution in [-0.4, -0.2) is 11.8 Å². The first-order chi connectivity index (χ1) is 11.6. The second-order valence-corrected chi connectivity index (χ2v) is 6.30. The number of rotatable bonds is 5. The van der Waals surface area contributed by atoms with E-state index in [1.54, 1.807) is 12.1 Å². The maximum absolute atomic E-state index is 12.3. The minimum Gasteiger partial charge on any atom is -0.368 e. The number of carbonyl (C=O) groups is 2. The average molecular weight is 322 g/mol. The van der Waals surface area contributed by atoms with Crippen molar-refractivity contribution in [1.29, 1.82) is 0 Å². The van der Waals surface area contributed by atoms with Crippen molar-refractivity contribution in [2.45, 2.75) is 38.1 Å². The Morgan fingerprint density at radius 1 is 1.00 bits per heavy atom. The van der Waals surface area contributed by atoms with E-state index in [2.05, 4.69) is 17.4 Å². The summed E-state index contributed by atoms with van der Waals surface area (Å²) < 4.78 is 0. The lowest BCUT2D eigenvalue weighted by molar-refractivity contribution is -0.127. The molecule has 0 aliphatic heterocycles. The van der Waals surface area contributed by atoms with E-state index in [9.17, 15) is 9.59 Å². The van der Waals surface area contributed by atoms with E-state index in [4.69, 9.17) is 5.73 Å². The quantitative estimate of drug-likeness (QED) is 0.887. The molecule has 0 radical (unpaired) electrons. The number of aryl methyl sites for hydroxylation is 2. The normalized spacial score (nSPS) is 14.5. The summed E-state index contributed by atoms with van der Waals surface area (Å²) >= 11 is 0. The third-order valence-corrected chi connectivity index (χ3v) is 4.50. The molecule has 0 spiro atoms. The van der Waals surface area contributed by atoms with Gasteiger partial charge in [0.25, 0.3) is 0 Å². The summed E-state index contributed by atoms with van der Waals surface area (Å²) in [5.74, 6) is -0.751. The number of nitrogens with one attached hydrogen (secondary N) is 1. The predicted octanol–water partition coefficient (Wildman–Crippen LogP) is 2.45. The molecular formula is C20H22N2O2. The molecule has 4 heteroatoms. The summed E-state index contributed by atoms with van der Waals surface area (Å²) in [6.45, 7) is 0. The van der Waals surface area contributed by atoms with E-state index in [1.807, 2.05) is 24.3 Å². The number of nitrogens with two attached hydrogens (primary N) is 1. The van der Waals surface area contributed by atoms with Crippen LogP contribution >= 0.6 is 0 Å². The summed E-state index contributed by atoms with van der Waals surface area (Å²) in [4.78, 5) is 24.0. The first-order valence-electron chi connectivity index (χ1n) is 8.38. The summed E-state index contributed by atoms with van der Waals surface area (Å²) in [6, 6.07) is 14.5. The molecule has 24 heavy (non-hydrogen) atoms. The van der Waals surface area contributed by atoms with Gasteiger partial charge in [0, 0.05) is 0 Å². The van der Waals surface area contributed by atoms with Crippen LogP contribution in [0.25, 0.3) is 0 Å². The molecular weight excluding hydrogens is 300 g/mol. The highest BCUT2D eigenvalue weighted by Crippen LogP contribution is 2.22. The van der Waals surface area contributed by atoms with Crippen LogP contribution < -0.4 is 11.1 Å². The van der Waals surface area contributed by atoms with Crippen molar-refractivity contribution in [3.63, 3.8) is 0 Å². The van der Waals surface area contributed by atoms with Crippen molar-refractivity contribution in [2.75, 3.05) is 0 Å². The first kappa shape index (κ1) is 16.2. The molecule has 0 fully saturated rings. The average Bonchev–Trinajstić information content (AvgIpc) is 2.60. The van der Waals surface area contributed by atoms with Crippen LogP contribution in [0.5, 0.6) is 0 Å². The topological polar surface area (TPSA) is 72.2 Å². The smallest absolute Gasteiger partial charge is 0.244 e. The number of benzene rings is 2. The number of hydrogen-bond donors (Lipinski definition) is 2. The van der Waals surface area contributed by atoms with Crippen molar-refractivity contribution in [2.24, 2.45) is 5.73 Å². The monoisotopic (exact) mass is 322 g/mol. The number of fused-ring (bicyclic) bond motifs is 1. The molecule has 1 unspecified atom stereocenters. The van der Waals surface area contributed by atoms with Crippen LogP contribution in [0.1, 0.15) is 41.1 Å². The summed E-state index contributed by atoms with van der Waals surface area (Å²) in [5.41, 5.74) is 9.86. The van der Waals surface area contributed by atoms with Gasteiger partial charge in [-0.2, -0.15) is 0 Å². The zero-order valence-electron chi connectivity index (χ0n) is 13.6. The lowest BCUT2D eigenvalue weighted by Gasteiger charge is -2.18.